The minimum atomic E-state index is -0.108. The van der Waals surface area contributed by atoms with Gasteiger partial charge in [-0.1, -0.05) is 0 Å². The fourth-order valence-electron chi connectivity index (χ4n) is 5.10. The lowest BCUT2D eigenvalue weighted by atomic mass is 9.99. The summed E-state index contributed by atoms with van der Waals surface area (Å²) in [6, 6.07) is 0. The number of nitrogens with two attached hydrogens (primary N) is 1. The van der Waals surface area contributed by atoms with Crippen LogP contribution in [-0.4, -0.2) is 108 Å². The van der Waals surface area contributed by atoms with E-state index in [1.165, 1.54) is 0 Å². The summed E-state index contributed by atoms with van der Waals surface area (Å²) in [6.45, 7) is 8.15. The minimum absolute atomic E-state index is 0.108. The molecule has 2 aromatic heterocycles. The first kappa shape index (κ1) is 22.7. The summed E-state index contributed by atoms with van der Waals surface area (Å²) in [5, 5.41) is 0. The van der Waals surface area contributed by atoms with Gasteiger partial charge in [0.05, 0.1) is 31.0 Å². The van der Waals surface area contributed by atoms with E-state index in [1.54, 1.807) is 31.4 Å². The number of amides is 1. The average molecular weight is 468 g/mol. The second kappa shape index (κ2) is 8.95. The zero-order chi connectivity index (χ0) is 23.9. The van der Waals surface area contributed by atoms with Gasteiger partial charge in [-0.2, -0.15) is 4.98 Å². The van der Waals surface area contributed by atoms with Gasteiger partial charge in [-0.3, -0.25) is 9.69 Å². The minimum Gasteiger partial charge on any atom is -0.378 e. The van der Waals surface area contributed by atoms with Gasteiger partial charge in [0.25, 0.3) is 0 Å². The molecule has 2 aromatic rings. The third kappa shape index (κ3) is 4.25. The summed E-state index contributed by atoms with van der Waals surface area (Å²) < 4.78 is 5.54. The molecule has 0 aliphatic carbocycles. The Labute approximate surface area is 199 Å². The molecule has 5 rings (SSSR count). The van der Waals surface area contributed by atoms with E-state index in [1.807, 2.05) is 0 Å². The molecule has 5 heterocycles. The van der Waals surface area contributed by atoms with Crippen LogP contribution in [0.4, 0.5) is 17.7 Å². The van der Waals surface area contributed by atoms with E-state index >= 15 is 0 Å². The van der Waals surface area contributed by atoms with E-state index in [0.29, 0.717) is 25.7 Å². The van der Waals surface area contributed by atoms with Crippen molar-refractivity contribution in [3.05, 3.63) is 18.0 Å². The van der Waals surface area contributed by atoms with Gasteiger partial charge in [-0.25, -0.2) is 15.0 Å². The Kier molecular flexibility index (Phi) is 5.98. The van der Waals surface area contributed by atoms with Crippen LogP contribution in [0.1, 0.15) is 18.9 Å². The van der Waals surface area contributed by atoms with Crippen LogP contribution in [0.2, 0.25) is 0 Å². The van der Waals surface area contributed by atoms with Crippen LogP contribution in [0.15, 0.2) is 12.4 Å². The molecule has 0 saturated carbocycles. The molecule has 0 spiro atoms. The number of nitrogen functional groups attached to an aromatic ring is 1. The van der Waals surface area contributed by atoms with Crippen molar-refractivity contribution in [3.8, 4) is 11.3 Å². The van der Waals surface area contributed by atoms with Crippen molar-refractivity contribution in [3.63, 3.8) is 0 Å². The predicted octanol–water partition coefficient (Wildman–Crippen LogP) is 0.268. The van der Waals surface area contributed by atoms with E-state index < -0.39 is 0 Å². The molecule has 3 aliphatic rings. The summed E-state index contributed by atoms with van der Waals surface area (Å²) in [7, 11) is 3.61. The van der Waals surface area contributed by atoms with Crippen LogP contribution in [0.5, 0.6) is 0 Å². The normalized spacial score (nSPS) is 22.8. The lowest BCUT2D eigenvalue weighted by Crippen LogP contribution is -2.49. The summed E-state index contributed by atoms with van der Waals surface area (Å²) in [4.78, 5) is 39.3. The maximum Gasteiger partial charge on any atom is 0.236 e. The SMILES string of the molecule is CN(C)C(=O)CN1CC[C@@](C)(N2CCc3c(-c4cnc(N)nc4)nc(N4CCOCC4)nc32)C1. The molecule has 11 heteroatoms. The van der Waals surface area contributed by atoms with Crippen LogP contribution in [0.3, 0.4) is 0 Å². The first-order valence-corrected chi connectivity index (χ1v) is 11.9. The number of carbonyl (C=O) groups is 1. The number of carbonyl (C=O) groups excluding carboxylic acids is 1. The van der Waals surface area contributed by atoms with E-state index in [0.717, 1.165) is 68.2 Å². The number of fused-ring (bicyclic) bond motifs is 1. The number of rotatable bonds is 5. The summed E-state index contributed by atoms with van der Waals surface area (Å²) in [5.41, 5.74) is 8.46. The van der Waals surface area contributed by atoms with Gasteiger partial charge < -0.3 is 25.2 Å². The molecular weight excluding hydrogens is 434 g/mol. The quantitative estimate of drug-likeness (QED) is 0.656. The lowest BCUT2D eigenvalue weighted by molar-refractivity contribution is -0.129. The maximum absolute atomic E-state index is 12.3. The largest absolute Gasteiger partial charge is 0.378 e. The second-order valence-corrected chi connectivity index (χ2v) is 9.75. The Bertz CT molecular complexity index is 1060. The lowest BCUT2D eigenvalue weighted by Gasteiger charge is -2.37. The zero-order valence-electron chi connectivity index (χ0n) is 20.2. The van der Waals surface area contributed by atoms with Crippen molar-refractivity contribution in [2.45, 2.75) is 25.3 Å². The Balaban J connectivity index is 1.49. The number of likely N-dealkylation sites (tertiary alicyclic amines) is 1. The first-order chi connectivity index (χ1) is 16.3. The standard InChI is InChI=1S/C23H33N9O2/c1-23(5-7-30(15-23)14-18(33)29(2)3)32-6-4-17-19(16-12-25-21(24)26-13-16)27-22(28-20(17)32)31-8-10-34-11-9-31/h12-13H,4-11,14-15H2,1-3H3,(H2,24,25,26)/t23-/m1/s1. The van der Waals surface area contributed by atoms with Gasteiger partial charge in [-0.05, 0) is 19.8 Å². The number of likely N-dealkylation sites (N-methyl/N-ethyl adjacent to an activating group) is 1. The van der Waals surface area contributed by atoms with E-state index in [9.17, 15) is 4.79 Å². The predicted molar refractivity (Wildman–Crippen MR) is 130 cm³/mol. The monoisotopic (exact) mass is 467 g/mol. The Morgan fingerprint density at radius 3 is 2.59 bits per heavy atom. The number of nitrogens with zero attached hydrogens (tertiary/aromatic N) is 8. The molecule has 2 fully saturated rings. The Morgan fingerprint density at radius 1 is 1.15 bits per heavy atom. The van der Waals surface area contributed by atoms with Gasteiger partial charge in [-0.15, -0.1) is 0 Å². The molecule has 1 amide bonds. The highest BCUT2D eigenvalue weighted by Gasteiger charge is 2.44. The van der Waals surface area contributed by atoms with Crippen molar-refractivity contribution in [2.24, 2.45) is 0 Å². The molecule has 2 N–H and O–H groups in total. The number of ether oxygens (including phenoxy) is 1. The van der Waals surface area contributed by atoms with Crippen molar-refractivity contribution in [1.82, 2.24) is 29.7 Å². The molecule has 2 saturated heterocycles. The summed E-state index contributed by atoms with van der Waals surface area (Å²) in [5.74, 6) is 2.07. The third-order valence-electron chi connectivity index (χ3n) is 7.09. The average Bonchev–Trinajstić information content (AvgIpc) is 3.44. The number of aromatic nitrogens is 4. The highest BCUT2D eigenvalue weighted by Crippen LogP contribution is 2.41. The molecular formula is C23H33N9O2. The molecule has 0 unspecified atom stereocenters. The molecule has 0 radical (unpaired) electrons. The fraction of sp³-hybridized carbons (Fsp3) is 0.609. The summed E-state index contributed by atoms with van der Waals surface area (Å²) in [6.07, 6.45) is 5.31. The number of anilines is 3. The van der Waals surface area contributed by atoms with Crippen molar-refractivity contribution < 1.29 is 9.53 Å². The smallest absolute Gasteiger partial charge is 0.236 e. The first-order valence-electron chi connectivity index (χ1n) is 11.9. The van der Waals surface area contributed by atoms with Crippen molar-refractivity contribution in [1.29, 1.82) is 0 Å². The third-order valence-corrected chi connectivity index (χ3v) is 7.09. The van der Waals surface area contributed by atoms with Crippen molar-refractivity contribution >= 4 is 23.6 Å². The molecule has 34 heavy (non-hydrogen) atoms. The Morgan fingerprint density at radius 2 is 1.88 bits per heavy atom. The van der Waals surface area contributed by atoms with Gasteiger partial charge >= 0.3 is 0 Å². The van der Waals surface area contributed by atoms with E-state index in [4.69, 9.17) is 20.4 Å². The fourth-order valence-corrected chi connectivity index (χ4v) is 5.10. The molecule has 3 aliphatic heterocycles. The second-order valence-electron chi connectivity index (χ2n) is 9.75. The van der Waals surface area contributed by atoms with Crippen molar-refractivity contribution in [2.75, 3.05) is 82.1 Å². The molecule has 1 atom stereocenters. The van der Waals surface area contributed by atoms with E-state index in [-0.39, 0.29) is 17.4 Å². The van der Waals surface area contributed by atoms with Crippen LogP contribution >= 0.6 is 0 Å². The topological polar surface area (TPSA) is 117 Å². The van der Waals surface area contributed by atoms with Crippen LogP contribution < -0.4 is 15.5 Å². The summed E-state index contributed by atoms with van der Waals surface area (Å²) >= 11 is 0. The molecule has 182 valence electrons. The highest BCUT2D eigenvalue weighted by atomic mass is 16.5. The maximum atomic E-state index is 12.3. The van der Waals surface area contributed by atoms with Gasteiger partial charge in [0.1, 0.15) is 5.82 Å². The van der Waals surface area contributed by atoms with Gasteiger partial charge in [0, 0.05) is 70.3 Å². The van der Waals surface area contributed by atoms with Crippen LogP contribution in [0, 0.1) is 0 Å². The van der Waals surface area contributed by atoms with E-state index in [2.05, 4.69) is 31.6 Å². The Hall–Kier alpha value is -3.05. The molecule has 0 bridgehead atoms. The number of morpholine rings is 1. The zero-order valence-corrected chi connectivity index (χ0v) is 20.2. The van der Waals surface area contributed by atoms with Gasteiger partial charge in [0.2, 0.25) is 17.8 Å². The highest BCUT2D eigenvalue weighted by molar-refractivity contribution is 5.78. The molecule has 11 nitrogen and oxygen atoms in total. The van der Waals surface area contributed by atoms with Gasteiger partial charge in [0.15, 0.2) is 0 Å². The molecule has 0 aromatic carbocycles. The van der Waals surface area contributed by atoms with Crippen LogP contribution in [-0.2, 0) is 16.0 Å². The number of hydrogen-bond donors (Lipinski definition) is 1. The van der Waals surface area contributed by atoms with Crippen LogP contribution in [0.25, 0.3) is 11.3 Å². The number of hydrogen-bond acceptors (Lipinski definition) is 10.